The number of halogens is 1. The number of phenols is 1. The number of nitriles is 1. The van der Waals surface area contributed by atoms with Crippen LogP contribution in [0.25, 0.3) is 32.6 Å². The molecule has 0 unspecified atom stereocenters. The molecule has 0 bridgehead atoms. The summed E-state index contributed by atoms with van der Waals surface area (Å²) in [5.74, 6) is -0.520. The number of ether oxygens (including phenoxy) is 1. The lowest BCUT2D eigenvalue weighted by molar-refractivity contribution is -0.154. The molecule has 2 aromatic carbocycles. The van der Waals surface area contributed by atoms with Gasteiger partial charge in [0.15, 0.2) is 0 Å². The fourth-order valence-corrected chi connectivity index (χ4v) is 7.80. The summed E-state index contributed by atoms with van der Waals surface area (Å²) in [6, 6.07) is 16.6. The molecule has 0 saturated heterocycles. The van der Waals surface area contributed by atoms with Crippen LogP contribution in [0.2, 0.25) is 5.02 Å². The van der Waals surface area contributed by atoms with Crippen molar-refractivity contribution in [2.45, 2.75) is 44.1 Å². The third kappa shape index (κ3) is 5.63. The zero-order valence-electron chi connectivity index (χ0n) is 22.3. The fourth-order valence-electron chi connectivity index (χ4n) is 4.63. The smallest absolute Gasteiger partial charge is 0.306 e. The van der Waals surface area contributed by atoms with Crippen molar-refractivity contribution in [2.24, 2.45) is 0 Å². The van der Waals surface area contributed by atoms with E-state index in [-0.39, 0.29) is 23.5 Å². The third-order valence-electron chi connectivity index (χ3n) is 6.29. The van der Waals surface area contributed by atoms with Crippen LogP contribution in [0.1, 0.15) is 37.6 Å². The Hall–Kier alpha value is -3.62. The van der Waals surface area contributed by atoms with Gasteiger partial charge in [0.25, 0.3) is 10.0 Å². The Labute approximate surface area is 250 Å². The molecule has 5 aromatic rings. The number of aromatic hydroxyl groups is 1. The van der Waals surface area contributed by atoms with Crippen molar-refractivity contribution in [1.29, 1.82) is 5.26 Å². The van der Waals surface area contributed by atoms with Crippen LogP contribution < -0.4 is 0 Å². The Balaban J connectivity index is 1.82. The first kappa shape index (κ1) is 28.9. The molecule has 0 spiro atoms. The first-order valence-corrected chi connectivity index (χ1v) is 16.1. The van der Waals surface area contributed by atoms with Gasteiger partial charge in [0.1, 0.15) is 22.3 Å². The minimum absolute atomic E-state index is 0.00523. The molecule has 0 saturated carbocycles. The number of thiophene rings is 2. The molecule has 1 N–H and O–H groups in total. The topological polar surface area (TPSA) is 109 Å². The molecule has 3 aromatic heterocycles. The maximum absolute atomic E-state index is 14.4. The summed E-state index contributed by atoms with van der Waals surface area (Å²) in [5, 5.41) is 25.4. The number of hydrogen-bond acceptors (Lipinski definition) is 8. The summed E-state index contributed by atoms with van der Waals surface area (Å²) in [5.41, 5.74) is 1.51. The van der Waals surface area contributed by atoms with Gasteiger partial charge in [0.2, 0.25) is 0 Å². The number of fused-ring (bicyclic) bond motifs is 1. The van der Waals surface area contributed by atoms with Crippen LogP contribution in [0.4, 0.5) is 0 Å². The second kappa shape index (κ2) is 11.0. The zero-order valence-corrected chi connectivity index (χ0v) is 25.5. The number of aromatic nitrogens is 1. The van der Waals surface area contributed by atoms with Crippen LogP contribution in [0.5, 0.6) is 5.75 Å². The maximum atomic E-state index is 14.4. The van der Waals surface area contributed by atoms with Crippen molar-refractivity contribution in [3.8, 4) is 33.5 Å². The highest BCUT2D eigenvalue weighted by atomic mass is 35.5. The van der Waals surface area contributed by atoms with Crippen LogP contribution in [-0.2, 0) is 26.0 Å². The number of hydrogen-bond donors (Lipinski definition) is 1. The summed E-state index contributed by atoms with van der Waals surface area (Å²) < 4.78 is 35.4. The van der Waals surface area contributed by atoms with Gasteiger partial charge in [-0.25, -0.2) is 12.4 Å². The van der Waals surface area contributed by atoms with E-state index in [1.54, 1.807) is 38.3 Å². The van der Waals surface area contributed by atoms with Gasteiger partial charge in [-0.05, 0) is 92.0 Å². The van der Waals surface area contributed by atoms with Gasteiger partial charge in [-0.2, -0.15) is 5.26 Å². The molecular formula is C30H25ClN2O5S3. The van der Waals surface area contributed by atoms with Crippen molar-refractivity contribution >= 4 is 61.2 Å². The van der Waals surface area contributed by atoms with Crippen LogP contribution in [0.3, 0.4) is 0 Å². The van der Waals surface area contributed by atoms with Gasteiger partial charge in [-0.1, -0.05) is 17.7 Å². The number of carbonyl (C=O) groups is 1. The summed E-state index contributed by atoms with van der Waals surface area (Å²) in [7, 11) is -4.20. The number of aryl methyl sites for hydroxylation is 1. The molecule has 0 amide bonds. The second-order valence-electron chi connectivity index (χ2n) is 10.3. The van der Waals surface area contributed by atoms with E-state index >= 15 is 0 Å². The average Bonchev–Trinajstić information content (AvgIpc) is 3.65. The van der Waals surface area contributed by atoms with Crippen molar-refractivity contribution < 1.29 is 23.1 Å². The highest BCUT2D eigenvalue weighted by Gasteiger charge is 2.31. The second-order valence-corrected chi connectivity index (χ2v) is 14.4. The first-order valence-electron chi connectivity index (χ1n) is 12.6. The Morgan fingerprint density at radius 2 is 1.83 bits per heavy atom. The zero-order chi connectivity index (χ0) is 29.5. The Kier molecular flexibility index (Phi) is 7.74. The van der Waals surface area contributed by atoms with E-state index in [1.165, 1.54) is 57.0 Å². The monoisotopic (exact) mass is 624 g/mol. The first-order chi connectivity index (χ1) is 19.4. The van der Waals surface area contributed by atoms with E-state index in [4.69, 9.17) is 16.3 Å². The summed E-state index contributed by atoms with van der Waals surface area (Å²) in [4.78, 5) is 13.5. The number of phenolic OH excluding ortho intramolecular Hbond substituents is 1. The Morgan fingerprint density at radius 3 is 2.46 bits per heavy atom. The predicted octanol–water partition coefficient (Wildman–Crippen LogP) is 7.84. The number of esters is 1. The van der Waals surface area contributed by atoms with Crippen LogP contribution in [0, 0.1) is 11.3 Å². The van der Waals surface area contributed by atoms with Gasteiger partial charge in [-0.3, -0.25) is 4.79 Å². The van der Waals surface area contributed by atoms with E-state index < -0.39 is 21.6 Å². The van der Waals surface area contributed by atoms with E-state index in [0.29, 0.717) is 48.1 Å². The molecule has 5 rings (SSSR count). The third-order valence-corrected chi connectivity index (χ3v) is 9.96. The summed E-state index contributed by atoms with van der Waals surface area (Å²) in [6.45, 7) is 5.32. The standard InChI is InChI=1S/C30H25ClN2O5S3/c1-30(2,3)38-27(35)11-6-18-15-23-22(16-24(18)34)28(21-12-14-40-26(21)17-32)29(25-5-4-13-39-25)33(23)41(36,37)20-9-7-19(31)8-10-20/h4-5,7-10,12-16,34H,6,11H2,1-3H3. The van der Waals surface area contributed by atoms with E-state index in [1.807, 2.05) is 17.5 Å². The lowest BCUT2D eigenvalue weighted by Gasteiger charge is -2.19. The van der Waals surface area contributed by atoms with Crippen molar-refractivity contribution in [2.75, 3.05) is 0 Å². The largest absolute Gasteiger partial charge is 0.508 e. The maximum Gasteiger partial charge on any atom is 0.306 e. The molecule has 0 radical (unpaired) electrons. The van der Waals surface area contributed by atoms with Gasteiger partial charge in [-0.15, -0.1) is 22.7 Å². The summed E-state index contributed by atoms with van der Waals surface area (Å²) in [6.07, 6.45) is 0.128. The fraction of sp³-hybridized carbons (Fsp3) is 0.200. The molecule has 41 heavy (non-hydrogen) atoms. The van der Waals surface area contributed by atoms with Crippen molar-refractivity contribution in [1.82, 2.24) is 3.97 Å². The SMILES string of the molecule is CC(C)(C)OC(=O)CCc1cc2c(cc1O)c(-c1ccsc1C#N)c(-c1cccs1)n2S(=O)(=O)c1ccc(Cl)cc1. The molecule has 0 aliphatic carbocycles. The van der Waals surface area contributed by atoms with Gasteiger partial charge < -0.3 is 9.84 Å². The molecule has 0 aliphatic heterocycles. The van der Waals surface area contributed by atoms with Crippen molar-refractivity contribution in [3.63, 3.8) is 0 Å². The quantitative estimate of drug-likeness (QED) is 0.185. The molecule has 11 heteroatoms. The van der Waals surface area contributed by atoms with E-state index in [0.717, 1.165) is 0 Å². The van der Waals surface area contributed by atoms with Crippen LogP contribution >= 0.6 is 34.3 Å². The van der Waals surface area contributed by atoms with Gasteiger partial charge in [0.05, 0.1) is 21.0 Å². The number of rotatable bonds is 7. The molecule has 0 atom stereocenters. The van der Waals surface area contributed by atoms with Crippen molar-refractivity contribution in [3.05, 3.63) is 80.8 Å². The molecule has 3 heterocycles. The molecule has 210 valence electrons. The minimum Gasteiger partial charge on any atom is -0.508 e. The Bertz CT molecular complexity index is 1910. The molecule has 7 nitrogen and oxygen atoms in total. The average molecular weight is 625 g/mol. The molecular weight excluding hydrogens is 600 g/mol. The Morgan fingerprint density at radius 1 is 1.10 bits per heavy atom. The number of nitrogens with zero attached hydrogens (tertiary/aromatic N) is 2. The minimum atomic E-state index is -4.20. The van der Waals surface area contributed by atoms with E-state index in [9.17, 15) is 23.6 Å². The normalized spacial score (nSPS) is 12.0. The van der Waals surface area contributed by atoms with Crippen LogP contribution in [0.15, 0.2) is 70.3 Å². The lowest BCUT2D eigenvalue weighted by atomic mass is 9.99. The van der Waals surface area contributed by atoms with Crippen LogP contribution in [-0.4, -0.2) is 29.1 Å². The highest BCUT2D eigenvalue weighted by Crippen LogP contribution is 2.47. The number of benzene rings is 2. The lowest BCUT2D eigenvalue weighted by Crippen LogP contribution is -2.24. The van der Waals surface area contributed by atoms with E-state index in [2.05, 4.69) is 6.07 Å². The highest BCUT2D eigenvalue weighted by molar-refractivity contribution is 7.90. The molecule has 0 aliphatic rings. The predicted molar refractivity (Wildman–Crippen MR) is 163 cm³/mol. The molecule has 0 fully saturated rings. The van der Waals surface area contributed by atoms with Gasteiger partial charge >= 0.3 is 5.97 Å². The van der Waals surface area contributed by atoms with Gasteiger partial charge in [0, 0.05) is 28.0 Å². The number of carbonyl (C=O) groups excluding carboxylic acids is 1. The summed E-state index contributed by atoms with van der Waals surface area (Å²) >= 11 is 8.68.